The van der Waals surface area contributed by atoms with Crippen LogP contribution in [0.15, 0.2) is 24.3 Å². The minimum absolute atomic E-state index is 0.276. The number of hydrogen-bond acceptors (Lipinski definition) is 3. The van der Waals surface area contributed by atoms with Crippen LogP contribution in [-0.4, -0.2) is 32.1 Å². The Kier molecular flexibility index (Phi) is 4.76. The van der Waals surface area contributed by atoms with Gasteiger partial charge in [-0.05, 0) is 31.9 Å². The number of para-hydroxylation sites is 1. The van der Waals surface area contributed by atoms with E-state index in [0.29, 0.717) is 6.42 Å². The van der Waals surface area contributed by atoms with Crippen molar-refractivity contribution < 1.29 is 9.53 Å². The predicted octanol–water partition coefficient (Wildman–Crippen LogP) is 2.90. The number of benzene rings is 1. The lowest BCUT2D eigenvalue weighted by molar-refractivity contribution is 0.0983. The smallest absolute Gasteiger partial charge is 0.165 e. The Hall–Kier alpha value is -1.35. The average molecular weight is 247 g/mol. The molecule has 0 aromatic heterocycles. The second-order valence-corrected chi connectivity index (χ2v) is 4.58. The van der Waals surface area contributed by atoms with Crippen LogP contribution in [0.25, 0.3) is 0 Å². The van der Waals surface area contributed by atoms with Crippen LogP contribution < -0.4 is 4.90 Å². The van der Waals surface area contributed by atoms with Gasteiger partial charge in [0.1, 0.15) is 0 Å². The number of carbonyl (C=O) groups excluding carboxylic acids is 1. The zero-order valence-corrected chi connectivity index (χ0v) is 11.0. The van der Waals surface area contributed by atoms with Gasteiger partial charge in [-0.25, -0.2) is 0 Å². The molecule has 0 spiro atoms. The van der Waals surface area contributed by atoms with E-state index in [2.05, 4.69) is 11.0 Å². The van der Waals surface area contributed by atoms with Crippen molar-refractivity contribution in [3.05, 3.63) is 29.8 Å². The Bertz CT molecular complexity index is 403. The van der Waals surface area contributed by atoms with Gasteiger partial charge in [-0.2, -0.15) is 0 Å². The summed E-state index contributed by atoms with van der Waals surface area (Å²) in [6, 6.07) is 7.95. The highest BCUT2D eigenvalue weighted by atomic mass is 16.5. The largest absolute Gasteiger partial charge is 0.382 e. The molecule has 0 amide bonds. The summed E-state index contributed by atoms with van der Waals surface area (Å²) in [5.41, 5.74) is 1.97. The van der Waals surface area contributed by atoms with Crippen LogP contribution in [0.4, 0.5) is 5.69 Å². The number of ketones is 1. The van der Waals surface area contributed by atoms with E-state index in [9.17, 15) is 4.79 Å². The fourth-order valence-corrected chi connectivity index (χ4v) is 2.40. The van der Waals surface area contributed by atoms with Crippen molar-refractivity contribution >= 4 is 11.5 Å². The predicted molar refractivity (Wildman–Crippen MR) is 73.3 cm³/mol. The highest BCUT2D eigenvalue weighted by Crippen LogP contribution is 2.26. The number of hydrogen-bond donors (Lipinski definition) is 0. The molecule has 1 heterocycles. The summed E-state index contributed by atoms with van der Waals surface area (Å²) in [5, 5.41) is 0. The Balaban J connectivity index is 2.06. The Morgan fingerprint density at radius 3 is 3.00 bits per heavy atom. The van der Waals surface area contributed by atoms with Crippen LogP contribution in [0.5, 0.6) is 0 Å². The third-order valence-corrected chi connectivity index (χ3v) is 3.30. The molecule has 0 fully saturated rings. The number of fused-ring (bicyclic) bond motifs is 1. The topological polar surface area (TPSA) is 29.5 Å². The van der Waals surface area contributed by atoms with Crippen molar-refractivity contribution in [1.82, 2.24) is 0 Å². The third kappa shape index (κ3) is 3.10. The van der Waals surface area contributed by atoms with E-state index in [4.69, 9.17) is 4.74 Å². The normalized spacial score (nSPS) is 15.4. The maximum Gasteiger partial charge on any atom is 0.165 e. The van der Waals surface area contributed by atoms with Crippen molar-refractivity contribution in [2.75, 3.05) is 31.2 Å². The molecule has 1 aromatic rings. The van der Waals surface area contributed by atoms with Crippen LogP contribution >= 0.6 is 0 Å². The molecule has 0 bridgehead atoms. The zero-order valence-electron chi connectivity index (χ0n) is 11.0. The monoisotopic (exact) mass is 247 g/mol. The number of carbonyl (C=O) groups is 1. The van der Waals surface area contributed by atoms with Crippen LogP contribution in [0.1, 0.15) is 36.5 Å². The SMILES string of the molecule is CCOCCCN1CCCC(=O)c2ccccc21. The number of nitrogens with zero attached hydrogens (tertiary/aromatic N) is 1. The van der Waals surface area contributed by atoms with Gasteiger partial charge >= 0.3 is 0 Å². The molecule has 0 unspecified atom stereocenters. The molecule has 2 rings (SSSR count). The van der Waals surface area contributed by atoms with Crippen molar-refractivity contribution in [2.45, 2.75) is 26.2 Å². The summed E-state index contributed by atoms with van der Waals surface area (Å²) in [6.07, 6.45) is 2.62. The van der Waals surface area contributed by atoms with Gasteiger partial charge in [0.05, 0.1) is 0 Å². The third-order valence-electron chi connectivity index (χ3n) is 3.30. The van der Waals surface area contributed by atoms with Gasteiger partial charge in [0.2, 0.25) is 0 Å². The number of rotatable bonds is 5. The Morgan fingerprint density at radius 1 is 1.33 bits per heavy atom. The van der Waals surface area contributed by atoms with Gasteiger partial charge < -0.3 is 9.64 Å². The molecule has 0 radical (unpaired) electrons. The van der Waals surface area contributed by atoms with Crippen molar-refractivity contribution in [1.29, 1.82) is 0 Å². The minimum atomic E-state index is 0.276. The first kappa shape index (κ1) is 13.1. The Morgan fingerprint density at radius 2 is 2.17 bits per heavy atom. The van der Waals surface area contributed by atoms with Crippen molar-refractivity contribution in [3.63, 3.8) is 0 Å². The summed E-state index contributed by atoms with van der Waals surface area (Å²) in [6.45, 7) is 5.51. The van der Waals surface area contributed by atoms with E-state index in [1.807, 2.05) is 25.1 Å². The molecule has 0 N–H and O–H groups in total. The van der Waals surface area contributed by atoms with Crippen LogP contribution in [-0.2, 0) is 4.74 Å². The quantitative estimate of drug-likeness (QED) is 0.749. The highest BCUT2D eigenvalue weighted by Gasteiger charge is 2.19. The fourth-order valence-electron chi connectivity index (χ4n) is 2.40. The molecule has 0 aliphatic carbocycles. The molecule has 1 aliphatic heterocycles. The van der Waals surface area contributed by atoms with E-state index in [0.717, 1.165) is 50.4 Å². The fraction of sp³-hybridized carbons (Fsp3) is 0.533. The van der Waals surface area contributed by atoms with E-state index < -0.39 is 0 Å². The van der Waals surface area contributed by atoms with Crippen LogP contribution in [0.3, 0.4) is 0 Å². The molecule has 3 heteroatoms. The van der Waals surface area contributed by atoms with E-state index in [1.54, 1.807) is 0 Å². The maximum absolute atomic E-state index is 12.0. The van der Waals surface area contributed by atoms with Gasteiger partial charge in [-0.15, -0.1) is 0 Å². The summed E-state index contributed by atoms with van der Waals surface area (Å²) in [4.78, 5) is 14.3. The zero-order chi connectivity index (χ0) is 12.8. The lowest BCUT2D eigenvalue weighted by atomic mass is 10.1. The summed E-state index contributed by atoms with van der Waals surface area (Å²) in [7, 11) is 0. The van der Waals surface area contributed by atoms with E-state index in [1.165, 1.54) is 0 Å². The highest BCUT2D eigenvalue weighted by molar-refractivity contribution is 6.01. The number of Topliss-reactive ketones (excluding diaryl/α,β-unsaturated/α-hetero) is 1. The minimum Gasteiger partial charge on any atom is -0.382 e. The van der Waals surface area contributed by atoms with Gasteiger partial charge in [0.15, 0.2) is 5.78 Å². The summed E-state index contributed by atoms with van der Waals surface area (Å²) in [5.74, 6) is 0.276. The molecule has 18 heavy (non-hydrogen) atoms. The molecule has 1 aromatic carbocycles. The maximum atomic E-state index is 12.0. The molecule has 0 saturated carbocycles. The molecular formula is C15H21NO2. The van der Waals surface area contributed by atoms with Gasteiger partial charge in [-0.3, -0.25) is 4.79 Å². The van der Waals surface area contributed by atoms with E-state index in [-0.39, 0.29) is 5.78 Å². The molecule has 0 atom stereocenters. The standard InChI is InChI=1S/C15H21NO2/c1-2-18-12-6-11-16-10-5-9-15(17)13-7-3-4-8-14(13)16/h3-4,7-8H,2,5-6,9-12H2,1H3. The van der Waals surface area contributed by atoms with Crippen molar-refractivity contribution in [2.24, 2.45) is 0 Å². The first-order valence-corrected chi connectivity index (χ1v) is 6.78. The molecule has 98 valence electrons. The van der Waals surface area contributed by atoms with Gasteiger partial charge in [0, 0.05) is 44.0 Å². The lowest BCUT2D eigenvalue weighted by Crippen LogP contribution is -2.26. The summed E-state index contributed by atoms with van der Waals surface area (Å²) >= 11 is 0. The first-order chi connectivity index (χ1) is 8.83. The van der Waals surface area contributed by atoms with E-state index >= 15 is 0 Å². The van der Waals surface area contributed by atoms with Gasteiger partial charge in [-0.1, -0.05) is 12.1 Å². The number of ether oxygens (including phenoxy) is 1. The average Bonchev–Trinajstić information content (AvgIpc) is 2.56. The van der Waals surface area contributed by atoms with Gasteiger partial charge in [0.25, 0.3) is 0 Å². The van der Waals surface area contributed by atoms with Crippen LogP contribution in [0, 0.1) is 0 Å². The van der Waals surface area contributed by atoms with Crippen molar-refractivity contribution in [3.8, 4) is 0 Å². The molecule has 1 aliphatic rings. The second-order valence-electron chi connectivity index (χ2n) is 4.58. The first-order valence-electron chi connectivity index (χ1n) is 6.78. The summed E-state index contributed by atoms with van der Waals surface area (Å²) < 4.78 is 5.37. The Labute approximate surface area is 109 Å². The molecule has 3 nitrogen and oxygen atoms in total. The number of anilines is 1. The van der Waals surface area contributed by atoms with Crippen LogP contribution in [0.2, 0.25) is 0 Å². The second kappa shape index (κ2) is 6.55. The molecular weight excluding hydrogens is 226 g/mol. The lowest BCUT2D eigenvalue weighted by Gasteiger charge is -2.24. The molecule has 0 saturated heterocycles.